The lowest BCUT2D eigenvalue weighted by Crippen LogP contribution is -2.38. The monoisotopic (exact) mass is 273 g/mol. The van der Waals surface area contributed by atoms with Crippen molar-refractivity contribution >= 4 is 0 Å². The molecule has 0 bridgehead atoms. The molecule has 1 aliphatic rings. The third-order valence-corrected chi connectivity index (χ3v) is 3.02. The smallest absolute Gasteiger partial charge is 0.387 e. The predicted octanol–water partition coefficient (Wildman–Crippen LogP) is 1.65. The summed E-state index contributed by atoms with van der Waals surface area (Å²) in [5.74, 6) is 0.0947. The average molecular weight is 273 g/mol. The largest absolute Gasteiger partial charge is 0.435 e. The van der Waals surface area contributed by atoms with Gasteiger partial charge in [-0.3, -0.25) is 4.90 Å². The zero-order valence-electron chi connectivity index (χ0n) is 10.5. The molecule has 1 fully saturated rings. The summed E-state index contributed by atoms with van der Waals surface area (Å²) >= 11 is 0. The van der Waals surface area contributed by atoms with Gasteiger partial charge in [0.2, 0.25) is 0 Å². The molecule has 2 rings (SSSR count). The Bertz CT molecular complexity index is 380. The van der Waals surface area contributed by atoms with E-state index >= 15 is 0 Å². The molecule has 4 nitrogen and oxygen atoms in total. The summed E-state index contributed by atoms with van der Waals surface area (Å²) in [6.07, 6.45) is -0.640. The molecule has 0 aliphatic carbocycles. The summed E-state index contributed by atoms with van der Waals surface area (Å²) in [6.45, 7) is 0.622. The van der Waals surface area contributed by atoms with E-state index in [0.29, 0.717) is 25.3 Å². The van der Waals surface area contributed by atoms with Crippen LogP contribution in [0.25, 0.3) is 0 Å². The molecule has 1 aliphatic heterocycles. The van der Waals surface area contributed by atoms with Gasteiger partial charge in [0.15, 0.2) is 0 Å². The van der Waals surface area contributed by atoms with Crippen LogP contribution in [0.15, 0.2) is 24.3 Å². The fraction of sp³-hybridized carbons (Fsp3) is 0.538. The molecule has 1 aromatic rings. The first kappa shape index (κ1) is 14.2. The molecule has 6 heteroatoms. The summed E-state index contributed by atoms with van der Waals surface area (Å²) in [5, 5.41) is 10.1. The van der Waals surface area contributed by atoms with E-state index in [1.54, 1.807) is 12.1 Å². The van der Waals surface area contributed by atoms with Crippen LogP contribution in [0.4, 0.5) is 8.78 Å². The number of ether oxygens (including phenoxy) is 2. The molecule has 1 N–H and O–H groups in total. The van der Waals surface area contributed by atoms with Crippen LogP contribution < -0.4 is 4.74 Å². The van der Waals surface area contributed by atoms with Crippen LogP contribution in [-0.2, 0) is 4.74 Å². The fourth-order valence-electron chi connectivity index (χ4n) is 2.01. The van der Waals surface area contributed by atoms with E-state index in [1.807, 2.05) is 0 Å². The van der Waals surface area contributed by atoms with Crippen molar-refractivity contribution in [3.63, 3.8) is 0 Å². The van der Waals surface area contributed by atoms with Crippen molar-refractivity contribution < 1.29 is 23.4 Å². The van der Waals surface area contributed by atoms with Crippen LogP contribution in [0.3, 0.4) is 0 Å². The van der Waals surface area contributed by atoms with Gasteiger partial charge in [-0.05, 0) is 17.7 Å². The molecule has 0 spiro atoms. The van der Waals surface area contributed by atoms with E-state index in [9.17, 15) is 13.9 Å². The molecule has 0 amide bonds. The lowest BCUT2D eigenvalue weighted by Gasteiger charge is -2.28. The van der Waals surface area contributed by atoms with Gasteiger partial charge in [0.1, 0.15) is 5.75 Å². The number of benzene rings is 1. The van der Waals surface area contributed by atoms with Crippen molar-refractivity contribution in [1.29, 1.82) is 0 Å². The van der Waals surface area contributed by atoms with Gasteiger partial charge >= 0.3 is 6.61 Å². The topological polar surface area (TPSA) is 41.9 Å². The van der Waals surface area contributed by atoms with Crippen LogP contribution in [0, 0.1) is 0 Å². The zero-order chi connectivity index (χ0) is 13.7. The highest BCUT2D eigenvalue weighted by Crippen LogP contribution is 2.20. The Labute approximate surface area is 110 Å². The third-order valence-electron chi connectivity index (χ3n) is 3.02. The zero-order valence-corrected chi connectivity index (χ0v) is 10.5. The van der Waals surface area contributed by atoms with Gasteiger partial charge in [0.05, 0.1) is 19.3 Å². The second kappa shape index (κ2) is 6.79. The van der Waals surface area contributed by atoms with E-state index in [0.717, 1.165) is 13.1 Å². The van der Waals surface area contributed by atoms with Gasteiger partial charge < -0.3 is 14.6 Å². The second-order valence-electron chi connectivity index (χ2n) is 4.38. The third kappa shape index (κ3) is 4.41. The van der Waals surface area contributed by atoms with Gasteiger partial charge in [0.25, 0.3) is 0 Å². The summed E-state index contributed by atoms with van der Waals surface area (Å²) in [7, 11) is 0. The minimum absolute atomic E-state index is 0.0947. The highest BCUT2D eigenvalue weighted by molar-refractivity contribution is 5.28. The Morgan fingerprint density at radius 2 is 1.84 bits per heavy atom. The van der Waals surface area contributed by atoms with Gasteiger partial charge in [-0.1, -0.05) is 12.1 Å². The molecule has 0 radical (unpaired) electrons. The van der Waals surface area contributed by atoms with Crippen molar-refractivity contribution in [3.05, 3.63) is 29.8 Å². The Hall–Kier alpha value is -1.24. The first-order valence-corrected chi connectivity index (χ1v) is 6.18. The predicted molar refractivity (Wildman–Crippen MR) is 65.3 cm³/mol. The van der Waals surface area contributed by atoms with Crippen LogP contribution in [-0.4, -0.2) is 49.5 Å². The van der Waals surface area contributed by atoms with E-state index in [-0.39, 0.29) is 5.75 Å². The maximum atomic E-state index is 12.0. The van der Waals surface area contributed by atoms with Crippen molar-refractivity contribution in [1.82, 2.24) is 4.90 Å². The van der Waals surface area contributed by atoms with Gasteiger partial charge in [-0.2, -0.15) is 8.78 Å². The molecule has 19 heavy (non-hydrogen) atoms. The van der Waals surface area contributed by atoms with E-state index in [4.69, 9.17) is 4.74 Å². The minimum atomic E-state index is -2.83. The lowest BCUT2D eigenvalue weighted by atomic mass is 10.1. The average Bonchev–Trinajstić information content (AvgIpc) is 2.40. The number of aliphatic hydroxyl groups excluding tert-OH is 1. The molecule has 0 saturated carbocycles. The number of aliphatic hydroxyl groups is 1. The molecule has 0 aromatic heterocycles. The first-order valence-electron chi connectivity index (χ1n) is 6.18. The standard InChI is InChI=1S/C13H17F2NO3/c14-13(15)19-11-3-1-10(2-4-11)12(17)9-16-5-7-18-8-6-16/h1-4,12-13,17H,5-9H2. The maximum Gasteiger partial charge on any atom is 0.387 e. The first-order chi connectivity index (χ1) is 9.15. The molecule has 1 atom stereocenters. The van der Waals surface area contributed by atoms with Gasteiger partial charge in [-0.15, -0.1) is 0 Å². The van der Waals surface area contributed by atoms with Crippen molar-refractivity contribution in [2.75, 3.05) is 32.8 Å². The number of nitrogens with zero attached hydrogens (tertiary/aromatic N) is 1. The normalized spacial score (nSPS) is 18.5. The Morgan fingerprint density at radius 3 is 2.42 bits per heavy atom. The Morgan fingerprint density at radius 1 is 1.21 bits per heavy atom. The summed E-state index contributed by atoms with van der Waals surface area (Å²) in [5.41, 5.74) is 0.688. The Kier molecular flexibility index (Phi) is 5.07. The van der Waals surface area contributed by atoms with Crippen molar-refractivity contribution in [3.8, 4) is 5.75 Å². The molecular formula is C13H17F2NO3. The number of hydrogen-bond donors (Lipinski definition) is 1. The molecule has 106 valence electrons. The highest BCUT2D eigenvalue weighted by Gasteiger charge is 2.16. The van der Waals surface area contributed by atoms with E-state index in [2.05, 4.69) is 9.64 Å². The summed E-state index contributed by atoms with van der Waals surface area (Å²) in [6, 6.07) is 6.07. The quantitative estimate of drug-likeness (QED) is 0.886. The fourth-order valence-corrected chi connectivity index (χ4v) is 2.01. The molecule has 1 heterocycles. The number of halogens is 2. The molecule has 1 saturated heterocycles. The minimum Gasteiger partial charge on any atom is -0.435 e. The second-order valence-corrected chi connectivity index (χ2v) is 4.38. The highest BCUT2D eigenvalue weighted by atomic mass is 19.3. The van der Waals surface area contributed by atoms with E-state index < -0.39 is 12.7 Å². The number of morpholine rings is 1. The summed E-state index contributed by atoms with van der Waals surface area (Å²) < 4.78 is 33.5. The van der Waals surface area contributed by atoms with Crippen LogP contribution in [0.1, 0.15) is 11.7 Å². The van der Waals surface area contributed by atoms with Crippen LogP contribution in [0.5, 0.6) is 5.75 Å². The molecule has 1 unspecified atom stereocenters. The Balaban J connectivity index is 1.89. The lowest BCUT2D eigenvalue weighted by molar-refractivity contribution is -0.0498. The van der Waals surface area contributed by atoms with Crippen molar-refractivity contribution in [2.45, 2.75) is 12.7 Å². The van der Waals surface area contributed by atoms with Gasteiger partial charge in [0, 0.05) is 19.6 Å². The van der Waals surface area contributed by atoms with E-state index in [1.165, 1.54) is 12.1 Å². The van der Waals surface area contributed by atoms with Crippen LogP contribution in [0.2, 0.25) is 0 Å². The maximum absolute atomic E-state index is 12.0. The van der Waals surface area contributed by atoms with Crippen LogP contribution >= 0.6 is 0 Å². The number of hydrogen-bond acceptors (Lipinski definition) is 4. The van der Waals surface area contributed by atoms with Crippen molar-refractivity contribution in [2.24, 2.45) is 0 Å². The number of β-amino-alcohol motifs (C(OH)–C–C–N with tert-alkyl or cyclic N) is 1. The molecule has 1 aromatic carbocycles. The van der Waals surface area contributed by atoms with Gasteiger partial charge in [-0.25, -0.2) is 0 Å². The SMILES string of the molecule is OC(CN1CCOCC1)c1ccc(OC(F)F)cc1. The number of rotatable bonds is 5. The molecular weight excluding hydrogens is 256 g/mol. The summed E-state index contributed by atoms with van der Waals surface area (Å²) in [4.78, 5) is 2.11. The number of alkyl halides is 2.